The fourth-order valence-electron chi connectivity index (χ4n) is 4.96. The number of aromatic nitrogens is 1. The van der Waals surface area contributed by atoms with Gasteiger partial charge in [0.2, 0.25) is 11.8 Å². The molecule has 0 saturated carbocycles. The van der Waals surface area contributed by atoms with E-state index in [4.69, 9.17) is 13.9 Å². The first-order valence-electron chi connectivity index (χ1n) is 12.9. The van der Waals surface area contributed by atoms with Gasteiger partial charge in [0, 0.05) is 26.1 Å². The van der Waals surface area contributed by atoms with Gasteiger partial charge in [-0.15, -0.1) is 0 Å². The summed E-state index contributed by atoms with van der Waals surface area (Å²) >= 11 is 0. The molecular formula is C29H33N3O5. The molecule has 1 unspecified atom stereocenters. The number of ether oxygens (including phenoxy) is 2. The molecule has 2 aliphatic heterocycles. The zero-order chi connectivity index (χ0) is 25.8. The number of carbonyl (C=O) groups is 2. The van der Waals surface area contributed by atoms with Crippen molar-refractivity contribution in [3.8, 4) is 5.75 Å². The van der Waals surface area contributed by atoms with E-state index in [1.807, 2.05) is 35.2 Å². The lowest BCUT2D eigenvalue weighted by molar-refractivity contribution is -0.134. The van der Waals surface area contributed by atoms with Crippen LogP contribution < -0.4 is 4.74 Å². The summed E-state index contributed by atoms with van der Waals surface area (Å²) in [6.45, 7) is 7.09. The first-order chi connectivity index (χ1) is 18.0. The maximum Gasteiger partial charge on any atom is 0.275 e. The molecule has 3 heterocycles. The number of fused-ring (bicyclic) bond motifs is 1. The lowest BCUT2D eigenvalue weighted by atomic mass is 9.87. The molecule has 5 rings (SSSR count). The Morgan fingerprint density at radius 1 is 1.08 bits per heavy atom. The second-order valence-electron chi connectivity index (χ2n) is 9.93. The molecule has 1 fully saturated rings. The van der Waals surface area contributed by atoms with Gasteiger partial charge in [-0.3, -0.25) is 9.59 Å². The molecule has 0 N–H and O–H groups in total. The number of carbonyl (C=O) groups excluding carboxylic acids is 2. The Balaban J connectivity index is 1.34. The Bertz CT molecular complexity index is 1230. The van der Waals surface area contributed by atoms with Gasteiger partial charge in [-0.1, -0.05) is 50.2 Å². The van der Waals surface area contributed by atoms with Gasteiger partial charge in [0.05, 0.1) is 19.3 Å². The second-order valence-corrected chi connectivity index (χ2v) is 9.93. The summed E-state index contributed by atoms with van der Waals surface area (Å²) in [6.07, 6.45) is 2.70. The second kappa shape index (κ2) is 11.2. The van der Waals surface area contributed by atoms with Crippen LogP contribution in [0.3, 0.4) is 0 Å². The minimum atomic E-state index is -0.167. The van der Waals surface area contributed by atoms with Gasteiger partial charge in [-0.25, -0.2) is 4.98 Å². The zero-order valence-electron chi connectivity index (χ0n) is 21.4. The highest BCUT2D eigenvalue weighted by Crippen LogP contribution is 2.38. The fourth-order valence-corrected chi connectivity index (χ4v) is 4.96. The normalized spacial score (nSPS) is 17.5. The van der Waals surface area contributed by atoms with E-state index >= 15 is 0 Å². The molecular weight excluding hydrogens is 470 g/mol. The molecule has 1 aromatic heterocycles. The van der Waals surface area contributed by atoms with Crippen LogP contribution in [0.15, 0.2) is 59.2 Å². The maximum absolute atomic E-state index is 13.2. The van der Waals surface area contributed by atoms with Crippen molar-refractivity contribution in [3.05, 3.63) is 83.1 Å². The first-order valence-corrected chi connectivity index (χ1v) is 12.9. The SMILES string of the molecule is CC(C)CC(=O)N1CCc2ccc(OCc3nc(C(=O)N4CCOCC4)co3)cc2C1c1ccccc1. The van der Waals surface area contributed by atoms with Crippen LogP contribution in [0.4, 0.5) is 0 Å². The topological polar surface area (TPSA) is 85.1 Å². The fraction of sp³-hybridized carbons (Fsp3) is 0.414. The summed E-state index contributed by atoms with van der Waals surface area (Å²) in [5.74, 6) is 1.29. The molecule has 194 valence electrons. The lowest BCUT2D eigenvalue weighted by Crippen LogP contribution is -2.41. The van der Waals surface area contributed by atoms with E-state index in [2.05, 4.69) is 37.0 Å². The zero-order valence-corrected chi connectivity index (χ0v) is 21.4. The van der Waals surface area contributed by atoms with Crippen molar-refractivity contribution in [3.63, 3.8) is 0 Å². The Kier molecular flexibility index (Phi) is 7.55. The van der Waals surface area contributed by atoms with E-state index in [9.17, 15) is 9.59 Å². The number of hydrogen-bond donors (Lipinski definition) is 0. The van der Waals surface area contributed by atoms with Crippen molar-refractivity contribution in [1.82, 2.24) is 14.8 Å². The number of hydrogen-bond acceptors (Lipinski definition) is 6. The van der Waals surface area contributed by atoms with E-state index in [1.165, 1.54) is 11.8 Å². The number of rotatable bonds is 7. The van der Waals surface area contributed by atoms with Gasteiger partial charge in [-0.2, -0.15) is 0 Å². The van der Waals surface area contributed by atoms with Gasteiger partial charge in [0.1, 0.15) is 12.0 Å². The number of nitrogens with zero attached hydrogens (tertiary/aromatic N) is 3. The van der Waals surface area contributed by atoms with Crippen LogP contribution in [0, 0.1) is 5.92 Å². The maximum atomic E-state index is 13.2. The largest absolute Gasteiger partial charge is 0.484 e. The molecule has 2 aliphatic rings. The summed E-state index contributed by atoms with van der Waals surface area (Å²) in [7, 11) is 0. The standard InChI is InChI=1S/C29H33N3O5/c1-20(2)16-27(33)32-11-10-21-8-9-23(17-24(21)28(32)22-6-4-3-5-7-22)36-19-26-30-25(18-37-26)29(34)31-12-14-35-15-13-31/h3-9,17-18,20,28H,10-16,19H2,1-2H3. The molecule has 0 radical (unpaired) electrons. The Morgan fingerprint density at radius 3 is 2.62 bits per heavy atom. The number of oxazole rings is 1. The van der Waals surface area contributed by atoms with Crippen molar-refractivity contribution in [2.24, 2.45) is 5.92 Å². The average Bonchev–Trinajstić information content (AvgIpc) is 3.40. The lowest BCUT2D eigenvalue weighted by Gasteiger charge is -2.38. The molecule has 2 amide bonds. The average molecular weight is 504 g/mol. The van der Waals surface area contributed by atoms with Crippen LogP contribution >= 0.6 is 0 Å². The summed E-state index contributed by atoms with van der Waals surface area (Å²) in [4.78, 5) is 33.9. The van der Waals surface area contributed by atoms with Crippen LogP contribution in [0.25, 0.3) is 0 Å². The van der Waals surface area contributed by atoms with E-state index < -0.39 is 0 Å². The predicted molar refractivity (Wildman–Crippen MR) is 137 cm³/mol. The third-order valence-electron chi connectivity index (χ3n) is 6.80. The molecule has 8 nitrogen and oxygen atoms in total. The minimum absolute atomic E-state index is 0.0984. The quantitative estimate of drug-likeness (QED) is 0.479. The van der Waals surface area contributed by atoms with Crippen molar-refractivity contribution < 1.29 is 23.5 Å². The molecule has 0 aliphatic carbocycles. The molecule has 37 heavy (non-hydrogen) atoms. The van der Waals surface area contributed by atoms with Gasteiger partial charge in [0.15, 0.2) is 12.3 Å². The highest BCUT2D eigenvalue weighted by Gasteiger charge is 2.32. The van der Waals surface area contributed by atoms with E-state index in [0.29, 0.717) is 56.8 Å². The Morgan fingerprint density at radius 2 is 1.86 bits per heavy atom. The van der Waals surface area contributed by atoms with Gasteiger partial charge >= 0.3 is 0 Å². The molecule has 8 heteroatoms. The van der Waals surface area contributed by atoms with Gasteiger partial charge in [0.25, 0.3) is 5.91 Å². The molecule has 3 aromatic rings. The minimum Gasteiger partial charge on any atom is -0.484 e. The van der Waals surface area contributed by atoms with Crippen LogP contribution in [-0.4, -0.2) is 59.4 Å². The number of benzene rings is 2. The van der Waals surface area contributed by atoms with Crippen molar-refractivity contribution in [2.75, 3.05) is 32.8 Å². The Labute approximate surface area is 217 Å². The molecule has 0 bridgehead atoms. The highest BCUT2D eigenvalue weighted by atomic mass is 16.5. The monoisotopic (exact) mass is 503 g/mol. The van der Waals surface area contributed by atoms with Crippen molar-refractivity contribution >= 4 is 11.8 Å². The highest BCUT2D eigenvalue weighted by molar-refractivity contribution is 5.92. The van der Waals surface area contributed by atoms with Crippen LogP contribution in [-0.2, 0) is 22.6 Å². The van der Waals surface area contributed by atoms with E-state index in [1.54, 1.807) is 4.90 Å². The van der Waals surface area contributed by atoms with Crippen LogP contribution in [0.1, 0.15) is 59.4 Å². The summed E-state index contributed by atoms with van der Waals surface area (Å²) in [6, 6.07) is 16.0. The van der Waals surface area contributed by atoms with Gasteiger partial charge < -0.3 is 23.7 Å². The summed E-state index contributed by atoms with van der Waals surface area (Å²) in [5.41, 5.74) is 3.64. The summed E-state index contributed by atoms with van der Waals surface area (Å²) < 4.78 is 16.9. The smallest absolute Gasteiger partial charge is 0.275 e. The van der Waals surface area contributed by atoms with Crippen molar-refractivity contribution in [1.29, 1.82) is 0 Å². The van der Waals surface area contributed by atoms with E-state index in [-0.39, 0.29) is 30.2 Å². The first kappa shape index (κ1) is 25.0. The van der Waals surface area contributed by atoms with Gasteiger partial charge in [-0.05, 0) is 41.2 Å². The molecule has 1 atom stereocenters. The molecule has 2 aromatic carbocycles. The predicted octanol–water partition coefficient (Wildman–Crippen LogP) is 4.25. The summed E-state index contributed by atoms with van der Waals surface area (Å²) in [5, 5.41) is 0. The van der Waals surface area contributed by atoms with Crippen LogP contribution in [0.5, 0.6) is 5.75 Å². The van der Waals surface area contributed by atoms with Crippen molar-refractivity contribution in [2.45, 2.75) is 39.3 Å². The molecule has 1 saturated heterocycles. The van der Waals surface area contributed by atoms with E-state index in [0.717, 1.165) is 17.5 Å². The number of morpholine rings is 1. The third kappa shape index (κ3) is 5.69. The third-order valence-corrected chi connectivity index (χ3v) is 6.80. The Hall–Kier alpha value is -3.65. The molecule has 0 spiro atoms. The number of amides is 2. The van der Waals surface area contributed by atoms with Crippen LogP contribution in [0.2, 0.25) is 0 Å².